The largest absolute Gasteiger partial charge is 0.303 e. The molecular weight excluding hydrogens is 112 g/mol. The fourth-order valence-electron chi connectivity index (χ4n) is 0.948. The van der Waals surface area contributed by atoms with Gasteiger partial charge in [-0.2, -0.15) is 0 Å². The maximum Gasteiger partial charge on any atom is 0.123 e. The van der Waals surface area contributed by atoms with E-state index in [2.05, 4.69) is 6.92 Å². The van der Waals surface area contributed by atoms with Crippen molar-refractivity contribution in [1.82, 2.24) is 0 Å². The van der Waals surface area contributed by atoms with Crippen LogP contribution in [0.2, 0.25) is 0 Å². The first-order valence-electron chi connectivity index (χ1n) is 3.38. The predicted molar refractivity (Wildman–Crippen MR) is 38.9 cm³/mol. The minimum atomic E-state index is 0.130. The predicted octanol–water partition coefficient (Wildman–Crippen LogP) is 1.93. The third kappa shape index (κ3) is 2.64. The lowest BCUT2D eigenvalue weighted by atomic mass is 9.87. The molecule has 0 rings (SSSR count). The van der Waals surface area contributed by atoms with Crippen molar-refractivity contribution in [3.05, 3.63) is 6.92 Å². The van der Waals surface area contributed by atoms with E-state index in [1.54, 1.807) is 0 Å². The Hall–Kier alpha value is -0.330. The zero-order valence-electron chi connectivity index (χ0n) is 6.42. The van der Waals surface area contributed by atoms with Gasteiger partial charge in [-0.25, -0.2) is 0 Å². The number of rotatable bonds is 3. The van der Waals surface area contributed by atoms with E-state index >= 15 is 0 Å². The van der Waals surface area contributed by atoms with Crippen LogP contribution in [0.3, 0.4) is 0 Å². The smallest absolute Gasteiger partial charge is 0.123 e. The highest BCUT2D eigenvalue weighted by Gasteiger charge is 2.15. The van der Waals surface area contributed by atoms with Crippen molar-refractivity contribution in [2.75, 3.05) is 0 Å². The molecule has 0 N–H and O–H groups in total. The zero-order valence-corrected chi connectivity index (χ0v) is 6.42. The second-order valence-corrected chi connectivity index (χ2v) is 2.93. The molecule has 1 heteroatoms. The Labute approximate surface area is 57.5 Å². The molecule has 0 aromatic carbocycles. The van der Waals surface area contributed by atoms with Crippen LogP contribution >= 0.6 is 0 Å². The fraction of sp³-hybridized carbons (Fsp3) is 0.750. The number of carbonyl (C=O) groups excluding carboxylic acids is 1. The molecule has 0 aliphatic heterocycles. The van der Waals surface area contributed by atoms with Crippen LogP contribution in [0.1, 0.15) is 20.8 Å². The van der Waals surface area contributed by atoms with Crippen LogP contribution in [0.25, 0.3) is 0 Å². The highest BCUT2D eigenvalue weighted by molar-refractivity contribution is 5.54. The Morgan fingerprint density at radius 1 is 1.33 bits per heavy atom. The first-order chi connectivity index (χ1) is 4.09. The lowest BCUT2D eigenvalue weighted by Crippen LogP contribution is -2.16. The second-order valence-electron chi connectivity index (χ2n) is 2.93. The monoisotopic (exact) mass is 127 g/mol. The topological polar surface area (TPSA) is 17.1 Å². The number of hydrogen-bond donors (Lipinski definition) is 0. The molecule has 1 radical (unpaired) electrons. The Morgan fingerprint density at radius 2 is 1.78 bits per heavy atom. The molecule has 0 bridgehead atoms. The molecule has 0 aromatic heterocycles. The summed E-state index contributed by atoms with van der Waals surface area (Å²) in [5, 5.41) is 0. The van der Waals surface area contributed by atoms with Gasteiger partial charge in [0.2, 0.25) is 0 Å². The van der Waals surface area contributed by atoms with Gasteiger partial charge in [-0.3, -0.25) is 0 Å². The first kappa shape index (κ1) is 8.67. The minimum absolute atomic E-state index is 0.130. The van der Waals surface area contributed by atoms with Gasteiger partial charge in [-0.1, -0.05) is 20.8 Å². The molecule has 0 aliphatic rings. The van der Waals surface area contributed by atoms with E-state index in [9.17, 15) is 4.79 Å². The molecule has 0 heterocycles. The van der Waals surface area contributed by atoms with Gasteiger partial charge in [-0.15, -0.1) is 0 Å². The summed E-state index contributed by atoms with van der Waals surface area (Å²) in [4.78, 5) is 10.3. The summed E-state index contributed by atoms with van der Waals surface area (Å²) in [5.41, 5.74) is 0. The zero-order chi connectivity index (χ0) is 7.44. The van der Waals surface area contributed by atoms with Crippen molar-refractivity contribution in [2.24, 2.45) is 17.8 Å². The summed E-state index contributed by atoms with van der Waals surface area (Å²) in [7, 11) is 0. The van der Waals surface area contributed by atoms with Crippen molar-refractivity contribution in [3.63, 3.8) is 0 Å². The van der Waals surface area contributed by atoms with E-state index < -0.39 is 0 Å². The number of carbonyl (C=O) groups is 1. The summed E-state index contributed by atoms with van der Waals surface area (Å²) in [6.07, 6.45) is 1.00. The van der Waals surface area contributed by atoms with Crippen LogP contribution in [-0.2, 0) is 4.79 Å². The molecule has 9 heavy (non-hydrogen) atoms. The average Bonchev–Trinajstić information content (AvgIpc) is 1.64. The van der Waals surface area contributed by atoms with Crippen molar-refractivity contribution >= 4 is 6.29 Å². The Balaban J connectivity index is 3.82. The lowest BCUT2D eigenvalue weighted by Gasteiger charge is -2.17. The van der Waals surface area contributed by atoms with Crippen molar-refractivity contribution < 1.29 is 4.79 Å². The van der Waals surface area contributed by atoms with E-state index in [0.29, 0.717) is 5.92 Å². The normalized spacial score (nSPS) is 11.4. The van der Waals surface area contributed by atoms with E-state index in [-0.39, 0.29) is 11.8 Å². The molecule has 0 saturated carbocycles. The van der Waals surface area contributed by atoms with Gasteiger partial charge >= 0.3 is 0 Å². The molecule has 0 aromatic rings. The molecule has 0 amide bonds. The van der Waals surface area contributed by atoms with Crippen LogP contribution in [0.4, 0.5) is 0 Å². The molecule has 0 fully saturated rings. The average molecular weight is 127 g/mol. The van der Waals surface area contributed by atoms with Gasteiger partial charge in [0.05, 0.1) is 0 Å². The van der Waals surface area contributed by atoms with E-state index in [4.69, 9.17) is 0 Å². The van der Waals surface area contributed by atoms with Gasteiger partial charge < -0.3 is 4.79 Å². The van der Waals surface area contributed by atoms with Crippen LogP contribution in [0.5, 0.6) is 0 Å². The van der Waals surface area contributed by atoms with Crippen LogP contribution in [0, 0.1) is 24.7 Å². The van der Waals surface area contributed by atoms with E-state index in [1.807, 2.05) is 20.8 Å². The summed E-state index contributed by atoms with van der Waals surface area (Å²) < 4.78 is 0. The SMILES string of the molecule is [CH2]C(C)C(C=O)C(C)C. The number of aldehydes is 1. The molecule has 2 unspecified atom stereocenters. The molecular formula is C8H15O. The highest BCUT2D eigenvalue weighted by Crippen LogP contribution is 2.16. The Kier molecular flexibility index (Phi) is 3.52. The molecule has 0 saturated heterocycles. The maximum atomic E-state index is 10.3. The second kappa shape index (κ2) is 3.65. The fourth-order valence-corrected chi connectivity index (χ4v) is 0.948. The quantitative estimate of drug-likeness (QED) is 0.529. The third-order valence-corrected chi connectivity index (χ3v) is 1.58. The van der Waals surface area contributed by atoms with Crippen molar-refractivity contribution in [2.45, 2.75) is 20.8 Å². The number of hydrogen-bond acceptors (Lipinski definition) is 1. The Bertz CT molecular complexity index is 76.6. The molecule has 0 aliphatic carbocycles. The lowest BCUT2D eigenvalue weighted by molar-refractivity contribution is -0.113. The standard InChI is InChI=1S/C8H15O/c1-6(2)8(5-9)7(3)4/h5-8H,1H2,2-4H3. The van der Waals surface area contributed by atoms with Crippen LogP contribution < -0.4 is 0 Å². The van der Waals surface area contributed by atoms with Gasteiger partial charge in [0.15, 0.2) is 0 Å². The van der Waals surface area contributed by atoms with E-state index in [1.165, 1.54) is 0 Å². The summed E-state index contributed by atoms with van der Waals surface area (Å²) in [6.45, 7) is 9.86. The van der Waals surface area contributed by atoms with Gasteiger partial charge in [0.25, 0.3) is 0 Å². The maximum absolute atomic E-state index is 10.3. The van der Waals surface area contributed by atoms with Crippen molar-refractivity contribution in [1.29, 1.82) is 0 Å². The van der Waals surface area contributed by atoms with Crippen molar-refractivity contribution in [3.8, 4) is 0 Å². The summed E-state index contributed by atoms with van der Waals surface area (Å²) in [5.74, 6) is 0.794. The summed E-state index contributed by atoms with van der Waals surface area (Å²) in [6, 6.07) is 0. The summed E-state index contributed by atoms with van der Waals surface area (Å²) >= 11 is 0. The molecule has 0 spiro atoms. The Morgan fingerprint density at radius 3 is 1.78 bits per heavy atom. The highest BCUT2D eigenvalue weighted by atomic mass is 16.1. The molecule has 2 atom stereocenters. The van der Waals surface area contributed by atoms with Gasteiger partial charge in [0, 0.05) is 5.92 Å². The van der Waals surface area contributed by atoms with Crippen LogP contribution in [0.15, 0.2) is 0 Å². The third-order valence-electron chi connectivity index (χ3n) is 1.58. The van der Waals surface area contributed by atoms with Crippen LogP contribution in [-0.4, -0.2) is 6.29 Å². The minimum Gasteiger partial charge on any atom is -0.303 e. The van der Waals surface area contributed by atoms with Gasteiger partial charge in [0.1, 0.15) is 6.29 Å². The van der Waals surface area contributed by atoms with E-state index in [0.717, 1.165) is 6.29 Å². The van der Waals surface area contributed by atoms with Gasteiger partial charge in [-0.05, 0) is 18.8 Å². The first-order valence-corrected chi connectivity index (χ1v) is 3.38. The molecule has 53 valence electrons. The molecule has 1 nitrogen and oxygen atoms in total.